The number of unbranched alkanes of at least 4 members (excludes halogenated alkanes) is 2. The fourth-order valence-corrected chi connectivity index (χ4v) is 6.21. The number of benzene rings is 3. The Kier molecular flexibility index (Phi) is 12.6. The summed E-state index contributed by atoms with van der Waals surface area (Å²) in [5.41, 5.74) is 5.28. The van der Waals surface area contributed by atoms with Gasteiger partial charge in [-0.2, -0.15) is 0 Å². The van der Waals surface area contributed by atoms with Crippen LogP contribution in [-0.4, -0.2) is 69.3 Å². The van der Waals surface area contributed by atoms with Gasteiger partial charge in [-0.25, -0.2) is 0 Å². The smallest absolute Gasteiger partial charge is 0.307 e. The molecule has 9 nitrogen and oxygen atoms in total. The minimum absolute atomic E-state index is 0.00143. The van der Waals surface area contributed by atoms with Crippen molar-refractivity contribution in [3.8, 4) is 22.6 Å². The molecule has 46 heavy (non-hydrogen) atoms. The van der Waals surface area contributed by atoms with Crippen LogP contribution in [0, 0.1) is 0 Å². The van der Waals surface area contributed by atoms with Crippen molar-refractivity contribution in [1.82, 2.24) is 4.90 Å². The lowest BCUT2D eigenvalue weighted by Gasteiger charge is -2.33. The van der Waals surface area contributed by atoms with Crippen LogP contribution < -0.4 is 14.6 Å². The van der Waals surface area contributed by atoms with Gasteiger partial charge in [0.1, 0.15) is 23.4 Å². The number of rotatable bonds is 17. The minimum atomic E-state index is -0.805. The van der Waals surface area contributed by atoms with E-state index in [0.29, 0.717) is 24.5 Å². The average molecular weight is 630 g/mol. The molecule has 0 unspecified atom stereocenters. The third kappa shape index (κ3) is 8.66. The van der Waals surface area contributed by atoms with E-state index in [0.717, 1.165) is 47.1 Å². The first-order valence-corrected chi connectivity index (χ1v) is 15.9. The van der Waals surface area contributed by atoms with Crippen molar-refractivity contribution in [1.29, 1.82) is 0 Å². The molecule has 0 heterocycles. The second-order valence-corrected chi connectivity index (χ2v) is 11.6. The number of hydrogen-bond donors (Lipinski definition) is 0. The Morgan fingerprint density at radius 2 is 1.61 bits per heavy atom. The summed E-state index contributed by atoms with van der Waals surface area (Å²) in [7, 11) is 4.47. The van der Waals surface area contributed by atoms with Crippen LogP contribution in [-0.2, 0) is 25.6 Å². The molecule has 1 aliphatic rings. The summed E-state index contributed by atoms with van der Waals surface area (Å²) in [4.78, 5) is 31.9. The molecule has 2 atom stereocenters. The summed E-state index contributed by atoms with van der Waals surface area (Å²) in [5.74, 6) is 0.629. The molecule has 0 saturated heterocycles. The van der Waals surface area contributed by atoms with Gasteiger partial charge < -0.3 is 24.1 Å². The summed E-state index contributed by atoms with van der Waals surface area (Å²) >= 11 is 0. The average Bonchev–Trinajstić information content (AvgIpc) is 3.38. The number of methoxy groups -OCH3 is 3. The fourth-order valence-electron chi connectivity index (χ4n) is 6.21. The number of fused-ring (bicyclic) bond motifs is 3. The van der Waals surface area contributed by atoms with E-state index in [2.05, 4.69) is 36.2 Å². The number of carbonyl (C=O) groups is 2. The maximum Gasteiger partial charge on any atom is 0.307 e. The highest BCUT2D eigenvalue weighted by Gasteiger charge is 2.29. The number of hydrogen-bond acceptors (Lipinski definition) is 9. The van der Waals surface area contributed by atoms with E-state index >= 15 is 0 Å². The standard InChI is InChI=1S/C37H46N2O7/c1-6-7-8-17-34(25(2)40)39(22-26-18-19-28(43-3)21-35(26)44-4)23-27(20-36(41)45-5)38-37(42)46-24-33-31-15-11-9-13-29(31)30-14-10-12-16-32(30)33/h9-16,18-19,21,27,33-34H,6-8,17,20,22-24H2,1-5H3,(H,38,42)/p-1/t27-,34-/m0/s1. The lowest BCUT2D eigenvalue weighted by atomic mass is 9.98. The SMILES string of the molecule is CCCCC[C@@H](C(C)=O)N(Cc1ccc(OC)cc1OC)C[C@H](CC(=O)OC)N=C([O-])OCC1c2ccccc2-c2ccccc21. The summed E-state index contributed by atoms with van der Waals surface area (Å²) in [6, 6.07) is 20.5. The van der Waals surface area contributed by atoms with Crippen molar-refractivity contribution in [2.75, 3.05) is 34.5 Å². The highest BCUT2D eigenvalue weighted by molar-refractivity contribution is 5.81. The summed E-state index contributed by atoms with van der Waals surface area (Å²) in [5, 5.41) is 13.3. The Morgan fingerprint density at radius 3 is 2.20 bits per heavy atom. The molecule has 3 aromatic rings. The normalized spacial score (nSPS) is 13.9. The summed E-state index contributed by atoms with van der Waals surface area (Å²) in [6.07, 6.45) is 2.59. The number of nitrogens with zero attached hydrogens (tertiary/aromatic N) is 2. The Morgan fingerprint density at radius 1 is 0.935 bits per heavy atom. The molecular formula is C37H45N2O7-. The maximum atomic E-state index is 13.3. The van der Waals surface area contributed by atoms with E-state index in [-0.39, 0.29) is 31.3 Å². The number of Topliss-reactive ketones (excluding diaryl/α,β-unsaturated/α-hetero) is 1. The number of esters is 1. The minimum Gasteiger partial charge on any atom is -0.599 e. The summed E-state index contributed by atoms with van der Waals surface area (Å²) < 4.78 is 21.7. The highest BCUT2D eigenvalue weighted by Crippen LogP contribution is 2.44. The van der Waals surface area contributed by atoms with E-state index in [4.69, 9.17) is 18.9 Å². The molecule has 0 saturated carbocycles. The first-order valence-electron chi connectivity index (χ1n) is 15.9. The largest absolute Gasteiger partial charge is 0.599 e. The molecule has 9 heteroatoms. The van der Waals surface area contributed by atoms with Gasteiger partial charge in [0.2, 0.25) is 0 Å². The Balaban J connectivity index is 1.60. The van der Waals surface area contributed by atoms with Crippen molar-refractivity contribution in [2.24, 2.45) is 4.99 Å². The first kappa shape index (κ1) is 34.5. The highest BCUT2D eigenvalue weighted by atomic mass is 16.6. The van der Waals surface area contributed by atoms with Crippen molar-refractivity contribution in [3.63, 3.8) is 0 Å². The van der Waals surface area contributed by atoms with Crippen LogP contribution >= 0.6 is 0 Å². The van der Waals surface area contributed by atoms with E-state index in [1.54, 1.807) is 27.2 Å². The fraction of sp³-hybridized carbons (Fsp3) is 0.432. The molecular weight excluding hydrogens is 584 g/mol. The third-order valence-corrected chi connectivity index (χ3v) is 8.56. The van der Waals surface area contributed by atoms with Crippen LogP contribution in [0.1, 0.15) is 68.6 Å². The van der Waals surface area contributed by atoms with Gasteiger partial charge in [-0.15, -0.1) is 0 Å². The predicted molar refractivity (Wildman–Crippen MR) is 176 cm³/mol. The van der Waals surface area contributed by atoms with E-state index in [1.807, 2.05) is 41.3 Å². The second kappa shape index (κ2) is 16.8. The molecule has 0 aliphatic heterocycles. The predicted octanol–water partition coefficient (Wildman–Crippen LogP) is 5.52. The zero-order valence-electron chi connectivity index (χ0n) is 27.5. The molecule has 246 valence electrons. The number of ketones is 1. The van der Waals surface area contributed by atoms with Gasteiger partial charge in [0.05, 0.1) is 39.8 Å². The quantitative estimate of drug-likeness (QED) is 0.0831. The van der Waals surface area contributed by atoms with Crippen LogP contribution in [0.5, 0.6) is 11.5 Å². The molecule has 0 fully saturated rings. The van der Waals surface area contributed by atoms with Gasteiger partial charge in [-0.3, -0.25) is 19.5 Å². The monoisotopic (exact) mass is 629 g/mol. The lowest BCUT2D eigenvalue weighted by molar-refractivity contribution is -0.251. The number of aliphatic imine (C=N–C) groups is 1. The Labute approximate surface area is 272 Å². The lowest BCUT2D eigenvalue weighted by Crippen LogP contribution is -2.44. The second-order valence-electron chi connectivity index (χ2n) is 11.6. The maximum absolute atomic E-state index is 13.3. The molecule has 0 N–H and O–H groups in total. The van der Waals surface area contributed by atoms with E-state index in [9.17, 15) is 14.7 Å². The van der Waals surface area contributed by atoms with Crippen LogP contribution in [0.3, 0.4) is 0 Å². The molecule has 0 bridgehead atoms. The Hall–Kier alpha value is -4.37. The Bertz CT molecular complexity index is 1460. The van der Waals surface area contributed by atoms with E-state index < -0.39 is 24.1 Å². The first-order chi connectivity index (χ1) is 22.3. The molecule has 3 aromatic carbocycles. The zero-order valence-corrected chi connectivity index (χ0v) is 27.5. The van der Waals surface area contributed by atoms with E-state index in [1.165, 1.54) is 7.11 Å². The van der Waals surface area contributed by atoms with Crippen molar-refractivity contribution >= 4 is 17.8 Å². The van der Waals surface area contributed by atoms with Crippen LogP contribution in [0.4, 0.5) is 0 Å². The zero-order chi connectivity index (χ0) is 33.1. The molecule has 0 amide bonds. The molecule has 4 rings (SSSR count). The van der Waals surface area contributed by atoms with Gasteiger partial charge in [0.25, 0.3) is 0 Å². The van der Waals surface area contributed by atoms with Gasteiger partial charge in [0.15, 0.2) is 0 Å². The topological polar surface area (TPSA) is 110 Å². The van der Waals surface area contributed by atoms with Crippen molar-refractivity contribution in [2.45, 2.75) is 70.5 Å². The molecule has 1 aliphatic carbocycles. The van der Waals surface area contributed by atoms with Gasteiger partial charge in [0, 0.05) is 37.2 Å². The van der Waals surface area contributed by atoms with Gasteiger partial charge in [-0.05, 0) is 41.7 Å². The molecule has 0 spiro atoms. The van der Waals surface area contributed by atoms with Gasteiger partial charge in [-0.1, -0.05) is 80.8 Å². The summed E-state index contributed by atoms with van der Waals surface area (Å²) in [6.45, 7) is 4.29. The van der Waals surface area contributed by atoms with Crippen molar-refractivity contribution < 1.29 is 33.6 Å². The van der Waals surface area contributed by atoms with Crippen LogP contribution in [0.2, 0.25) is 0 Å². The van der Waals surface area contributed by atoms with Gasteiger partial charge >= 0.3 is 5.97 Å². The number of carbonyl (C=O) groups excluding carboxylic acids is 2. The van der Waals surface area contributed by atoms with Crippen LogP contribution in [0.25, 0.3) is 11.1 Å². The van der Waals surface area contributed by atoms with Crippen molar-refractivity contribution in [3.05, 3.63) is 83.4 Å². The number of ether oxygens (including phenoxy) is 4. The molecule has 0 aromatic heterocycles. The third-order valence-electron chi connectivity index (χ3n) is 8.56. The van der Waals surface area contributed by atoms with Crippen LogP contribution in [0.15, 0.2) is 71.7 Å². The molecule has 0 radical (unpaired) electrons.